The summed E-state index contributed by atoms with van der Waals surface area (Å²) in [6.45, 7) is 3.41. The fourth-order valence-corrected chi connectivity index (χ4v) is 3.02. The standard InChI is InChI=1S/C16H19NO5/c1-10-12(16(19)20)5-6-17(10)15(18)11-3-4-13-14(9-11)22-8-2-7-21-13/h3-4,9-10,12H,2,5-8H2,1H3,(H,19,20). The second kappa shape index (κ2) is 5.87. The molecule has 3 rings (SSSR count). The van der Waals surface area contributed by atoms with Crippen LogP contribution in [0.15, 0.2) is 18.2 Å². The number of nitrogens with zero attached hydrogens (tertiary/aromatic N) is 1. The van der Waals surface area contributed by atoms with Crippen molar-refractivity contribution < 1.29 is 24.2 Å². The van der Waals surface area contributed by atoms with Gasteiger partial charge >= 0.3 is 5.97 Å². The molecule has 22 heavy (non-hydrogen) atoms. The number of carboxylic acids is 1. The van der Waals surface area contributed by atoms with Gasteiger partial charge in [0.25, 0.3) is 5.91 Å². The molecule has 118 valence electrons. The Morgan fingerprint density at radius 2 is 1.95 bits per heavy atom. The number of rotatable bonds is 2. The number of amides is 1. The Hall–Kier alpha value is -2.24. The van der Waals surface area contributed by atoms with Gasteiger partial charge in [0, 0.05) is 24.6 Å². The Balaban J connectivity index is 1.81. The number of fused-ring (bicyclic) bond motifs is 1. The van der Waals surface area contributed by atoms with Crippen molar-refractivity contribution in [3.8, 4) is 11.5 Å². The number of aliphatic carboxylic acids is 1. The van der Waals surface area contributed by atoms with Crippen molar-refractivity contribution in [2.45, 2.75) is 25.8 Å². The number of benzene rings is 1. The first-order valence-electron chi connectivity index (χ1n) is 7.51. The van der Waals surface area contributed by atoms with Crippen LogP contribution in [-0.2, 0) is 4.79 Å². The second-order valence-corrected chi connectivity index (χ2v) is 5.68. The molecule has 0 spiro atoms. The highest BCUT2D eigenvalue weighted by Crippen LogP contribution is 2.32. The van der Waals surface area contributed by atoms with Gasteiger partial charge < -0.3 is 19.5 Å². The Bertz CT molecular complexity index is 600. The molecule has 1 amide bonds. The van der Waals surface area contributed by atoms with E-state index in [0.29, 0.717) is 43.2 Å². The normalized spacial score (nSPS) is 24.0. The van der Waals surface area contributed by atoms with Crippen LogP contribution in [0.3, 0.4) is 0 Å². The summed E-state index contributed by atoms with van der Waals surface area (Å²) in [7, 11) is 0. The zero-order valence-electron chi connectivity index (χ0n) is 12.4. The monoisotopic (exact) mass is 305 g/mol. The molecule has 0 bridgehead atoms. The first kappa shape index (κ1) is 14.7. The lowest BCUT2D eigenvalue weighted by atomic mass is 10.0. The summed E-state index contributed by atoms with van der Waals surface area (Å²) in [4.78, 5) is 25.4. The molecule has 2 aliphatic rings. The van der Waals surface area contributed by atoms with Crippen molar-refractivity contribution in [2.24, 2.45) is 5.92 Å². The molecule has 6 nitrogen and oxygen atoms in total. The van der Waals surface area contributed by atoms with Gasteiger partial charge in [0.1, 0.15) is 0 Å². The van der Waals surface area contributed by atoms with Gasteiger partial charge in [0.05, 0.1) is 19.1 Å². The van der Waals surface area contributed by atoms with E-state index in [0.717, 1.165) is 6.42 Å². The largest absolute Gasteiger partial charge is 0.490 e. The van der Waals surface area contributed by atoms with Gasteiger partial charge in [0.15, 0.2) is 11.5 Å². The van der Waals surface area contributed by atoms with Crippen LogP contribution < -0.4 is 9.47 Å². The molecule has 2 aliphatic heterocycles. The maximum atomic E-state index is 12.6. The van der Waals surface area contributed by atoms with Gasteiger partial charge in [-0.2, -0.15) is 0 Å². The average Bonchev–Trinajstić information content (AvgIpc) is 2.74. The van der Waals surface area contributed by atoms with E-state index in [1.54, 1.807) is 30.0 Å². The van der Waals surface area contributed by atoms with Crippen LogP contribution in [0.2, 0.25) is 0 Å². The topological polar surface area (TPSA) is 76.1 Å². The van der Waals surface area contributed by atoms with Gasteiger partial charge in [-0.15, -0.1) is 0 Å². The summed E-state index contributed by atoms with van der Waals surface area (Å²) in [6, 6.07) is 4.82. The summed E-state index contributed by atoms with van der Waals surface area (Å²) >= 11 is 0. The van der Waals surface area contributed by atoms with Gasteiger partial charge in [-0.25, -0.2) is 0 Å². The molecule has 0 saturated carbocycles. The van der Waals surface area contributed by atoms with Crippen LogP contribution in [0, 0.1) is 5.92 Å². The number of hydrogen-bond acceptors (Lipinski definition) is 4. The lowest BCUT2D eigenvalue weighted by Gasteiger charge is -2.23. The maximum Gasteiger partial charge on any atom is 0.308 e. The maximum absolute atomic E-state index is 12.6. The molecule has 1 N–H and O–H groups in total. The molecule has 2 unspecified atom stereocenters. The van der Waals surface area contributed by atoms with Crippen LogP contribution >= 0.6 is 0 Å². The summed E-state index contributed by atoms with van der Waals surface area (Å²) in [5, 5.41) is 9.17. The van der Waals surface area contributed by atoms with E-state index in [9.17, 15) is 9.59 Å². The van der Waals surface area contributed by atoms with Crippen molar-refractivity contribution in [3.63, 3.8) is 0 Å². The zero-order chi connectivity index (χ0) is 15.7. The van der Waals surface area contributed by atoms with E-state index in [2.05, 4.69) is 0 Å². The van der Waals surface area contributed by atoms with Crippen LogP contribution in [0.4, 0.5) is 0 Å². The number of carbonyl (C=O) groups is 2. The first-order valence-corrected chi connectivity index (χ1v) is 7.51. The number of ether oxygens (including phenoxy) is 2. The van der Waals surface area contributed by atoms with Crippen LogP contribution in [-0.4, -0.2) is 47.7 Å². The number of hydrogen-bond donors (Lipinski definition) is 1. The number of carboxylic acid groups (broad SMARTS) is 1. The Morgan fingerprint density at radius 1 is 1.23 bits per heavy atom. The highest BCUT2D eigenvalue weighted by atomic mass is 16.5. The van der Waals surface area contributed by atoms with Crippen molar-refractivity contribution in [1.82, 2.24) is 4.90 Å². The van der Waals surface area contributed by atoms with Crippen LogP contribution in [0.5, 0.6) is 11.5 Å². The molecule has 2 atom stereocenters. The molecule has 1 aromatic carbocycles. The van der Waals surface area contributed by atoms with E-state index in [1.807, 2.05) is 0 Å². The third kappa shape index (κ3) is 2.61. The van der Waals surface area contributed by atoms with Crippen molar-refractivity contribution in [2.75, 3.05) is 19.8 Å². The lowest BCUT2D eigenvalue weighted by Crippen LogP contribution is -2.37. The zero-order valence-corrected chi connectivity index (χ0v) is 12.4. The fraction of sp³-hybridized carbons (Fsp3) is 0.500. The minimum absolute atomic E-state index is 0.160. The van der Waals surface area contributed by atoms with Gasteiger partial charge in [-0.3, -0.25) is 9.59 Å². The van der Waals surface area contributed by atoms with Crippen LogP contribution in [0.1, 0.15) is 30.1 Å². The smallest absolute Gasteiger partial charge is 0.308 e. The quantitative estimate of drug-likeness (QED) is 0.901. The summed E-state index contributed by atoms with van der Waals surface area (Å²) in [6.07, 6.45) is 1.30. The molecular weight excluding hydrogens is 286 g/mol. The molecule has 1 fully saturated rings. The van der Waals surface area contributed by atoms with Crippen molar-refractivity contribution in [1.29, 1.82) is 0 Å². The lowest BCUT2D eigenvalue weighted by molar-refractivity contribution is -0.142. The Kier molecular flexibility index (Phi) is 3.92. The number of carbonyl (C=O) groups excluding carboxylic acids is 1. The summed E-state index contributed by atoms with van der Waals surface area (Å²) in [5.74, 6) is -0.283. The van der Waals surface area contributed by atoms with Gasteiger partial charge in [-0.1, -0.05) is 0 Å². The second-order valence-electron chi connectivity index (χ2n) is 5.68. The molecule has 1 saturated heterocycles. The third-order valence-corrected chi connectivity index (χ3v) is 4.33. The van der Waals surface area contributed by atoms with Crippen molar-refractivity contribution in [3.05, 3.63) is 23.8 Å². The predicted octanol–water partition coefficient (Wildman–Crippen LogP) is 1.78. The van der Waals surface area contributed by atoms with E-state index in [4.69, 9.17) is 14.6 Å². The molecule has 2 heterocycles. The Morgan fingerprint density at radius 3 is 2.64 bits per heavy atom. The minimum Gasteiger partial charge on any atom is -0.490 e. The molecule has 6 heteroatoms. The van der Waals surface area contributed by atoms with E-state index in [-0.39, 0.29) is 11.9 Å². The third-order valence-electron chi connectivity index (χ3n) is 4.33. The van der Waals surface area contributed by atoms with Gasteiger partial charge in [0.2, 0.25) is 0 Å². The minimum atomic E-state index is -0.846. The average molecular weight is 305 g/mol. The fourth-order valence-electron chi connectivity index (χ4n) is 3.02. The van der Waals surface area contributed by atoms with Gasteiger partial charge in [-0.05, 0) is 31.5 Å². The van der Waals surface area contributed by atoms with E-state index < -0.39 is 11.9 Å². The first-order chi connectivity index (χ1) is 10.6. The SMILES string of the molecule is CC1C(C(=O)O)CCN1C(=O)c1ccc2c(c1)OCCCO2. The highest BCUT2D eigenvalue weighted by Gasteiger charge is 2.38. The molecular formula is C16H19NO5. The molecule has 0 aliphatic carbocycles. The molecule has 0 radical (unpaired) electrons. The summed E-state index contributed by atoms with van der Waals surface area (Å²) in [5.41, 5.74) is 0.502. The van der Waals surface area contributed by atoms with E-state index >= 15 is 0 Å². The highest BCUT2D eigenvalue weighted by molar-refractivity contribution is 5.95. The predicted molar refractivity (Wildman–Crippen MR) is 78.3 cm³/mol. The molecule has 0 aromatic heterocycles. The van der Waals surface area contributed by atoms with E-state index in [1.165, 1.54) is 0 Å². The van der Waals surface area contributed by atoms with Crippen molar-refractivity contribution >= 4 is 11.9 Å². The Labute approximate surface area is 128 Å². The summed E-state index contributed by atoms with van der Waals surface area (Å²) < 4.78 is 11.1. The number of likely N-dealkylation sites (tertiary alicyclic amines) is 1. The van der Waals surface area contributed by atoms with Crippen LogP contribution in [0.25, 0.3) is 0 Å². The molecule has 1 aromatic rings.